The third-order valence-electron chi connectivity index (χ3n) is 7.76. The van der Waals surface area contributed by atoms with Crippen LogP contribution in [0.15, 0.2) is 91.0 Å². The molecule has 1 saturated heterocycles. The number of morpholine rings is 1. The lowest BCUT2D eigenvalue weighted by Crippen LogP contribution is -2.36. The van der Waals surface area contributed by atoms with Gasteiger partial charge in [-0.15, -0.1) is 0 Å². The molecule has 5 heteroatoms. The smallest absolute Gasteiger partial charge is 0.321 e. The first kappa shape index (κ1) is 23.0. The third-order valence-corrected chi connectivity index (χ3v) is 7.76. The highest BCUT2D eigenvalue weighted by Gasteiger charge is 2.38. The van der Waals surface area contributed by atoms with Crippen molar-refractivity contribution in [2.24, 2.45) is 0 Å². The SMILES string of the molecule is C1#[N+]C(c2cc3c(c4ccccc24)C=CC(c2ccccc2)(c2ccc(N4CCOCC4)cc2)O3)COC1. The average molecular weight is 502 g/mol. The number of fused-ring (bicyclic) bond motifs is 3. The quantitative estimate of drug-likeness (QED) is 0.323. The van der Waals surface area contributed by atoms with E-state index in [1.54, 1.807) is 0 Å². The van der Waals surface area contributed by atoms with Crippen LogP contribution in [-0.4, -0.2) is 39.5 Å². The number of rotatable bonds is 4. The van der Waals surface area contributed by atoms with Crippen molar-refractivity contribution in [1.82, 2.24) is 0 Å². The zero-order valence-corrected chi connectivity index (χ0v) is 21.2. The summed E-state index contributed by atoms with van der Waals surface area (Å²) in [4.78, 5) is 7.02. The van der Waals surface area contributed by atoms with E-state index in [9.17, 15) is 0 Å². The van der Waals surface area contributed by atoms with Crippen LogP contribution >= 0.6 is 0 Å². The van der Waals surface area contributed by atoms with Crippen molar-refractivity contribution in [3.05, 3.63) is 118 Å². The minimum atomic E-state index is -0.754. The molecular formula is C33H29N2O3+. The van der Waals surface area contributed by atoms with Crippen LogP contribution in [0.1, 0.15) is 28.3 Å². The fourth-order valence-electron chi connectivity index (χ4n) is 5.80. The molecule has 0 aliphatic carbocycles. The van der Waals surface area contributed by atoms with Gasteiger partial charge in [-0.05, 0) is 41.1 Å². The summed E-state index contributed by atoms with van der Waals surface area (Å²) in [6.45, 7) is 4.33. The first-order valence-electron chi connectivity index (χ1n) is 13.2. The zero-order chi connectivity index (χ0) is 25.4. The Kier molecular flexibility index (Phi) is 5.85. The highest BCUT2D eigenvalue weighted by atomic mass is 16.5. The van der Waals surface area contributed by atoms with E-state index in [-0.39, 0.29) is 6.04 Å². The highest BCUT2D eigenvalue weighted by Crippen LogP contribution is 2.46. The number of benzene rings is 4. The topological polar surface area (TPSA) is 35.3 Å². The van der Waals surface area contributed by atoms with Gasteiger partial charge in [0.2, 0.25) is 0 Å². The van der Waals surface area contributed by atoms with Crippen LogP contribution in [0.4, 0.5) is 5.69 Å². The summed E-state index contributed by atoms with van der Waals surface area (Å²) in [5, 5.41) is 2.32. The number of ether oxygens (including phenoxy) is 3. The van der Waals surface area contributed by atoms with Crippen LogP contribution in [0.5, 0.6) is 5.75 Å². The molecule has 4 aromatic carbocycles. The van der Waals surface area contributed by atoms with Crippen LogP contribution in [0, 0.1) is 6.07 Å². The summed E-state index contributed by atoms with van der Waals surface area (Å²) >= 11 is 0. The van der Waals surface area contributed by atoms with E-state index in [0.29, 0.717) is 13.2 Å². The van der Waals surface area contributed by atoms with Crippen LogP contribution < -0.4 is 9.64 Å². The van der Waals surface area contributed by atoms with E-state index < -0.39 is 5.60 Å². The first-order valence-corrected chi connectivity index (χ1v) is 13.2. The van der Waals surface area contributed by atoms with Gasteiger partial charge in [0.25, 0.3) is 0 Å². The molecule has 38 heavy (non-hydrogen) atoms. The summed E-state index contributed by atoms with van der Waals surface area (Å²) in [5.41, 5.74) is 4.82. The van der Waals surface area contributed by atoms with Crippen molar-refractivity contribution in [1.29, 1.82) is 0 Å². The van der Waals surface area contributed by atoms with Gasteiger partial charge in [-0.2, -0.15) is 0 Å². The van der Waals surface area contributed by atoms with Crippen molar-refractivity contribution < 1.29 is 14.2 Å². The Bertz CT molecular complexity index is 1560. The second-order valence-corrected chi connectivity index (χ2v) is 9.92. The minimum absolute atomic E-state index is 0.104. The van der Waals surface area contributed by atoms with Gasteiger partial charge in [-0.25, -0.2) is 0 Å². The normalized spacial score (nSPS) is 22.3. The molecule has 0 N–H and O–H groups in total. The van der Waals surface area contributed by atoms with E-state index in [0.717, 1.165) is 59.7 Å². The molecule has 3 aliphatic heterocycles. The van der Waals surface area contributed by atoms with Crippen LogP contribution in [-0.2, 0) is 15.1 Å². The molecule has 3 aliphatic rings. The van der Waals surface area contributed by atoms with Crippen LogP contribution in [0.25, 0.3) is 21.7 Å². The second kappa shape index (κ2) is 9.64. The van der Waals surface area contributed by atoms with E-state index in [1.807, 2.05) is 6.07 Å². The molecular weight excluding hydrogens is 472 g/mol. The third kappa shape index (κ3) is 3.94. The fraction of sp³-hybridized carbons (Fsp3) is 0.242. The molecule has 1 fully saturated rings. The molecule has 3 heterocycles. The lowest BCUT2D eigenvalue weighted by Gasteiger charge is -2.37. The Morgan fingerprint density at radius 2 is 1.55 bits per heavy atom. The lowest BCUT2D eigenvalue weighted by atomic mass is 9.82. The molecule has 0 amide bonds. The van der Waals surface area contributed by atoms with E-state index >= 15 is 0 Å². The summed E-state index contributed by atoms with van der Waals surface area (Å²) in [7, 11) is 0. The predicted molar refractivity (Wildman–Crippen MR) is 151 cm³/mol. The van der Waals surface area contributed by atoms with Crippen molar-refractivity contribution in [2.45, 2.75) is 11.6 Å². The van der Waals surface area contributed by atoms with Gasteiger partial charge in [0, 0.05) is 35.5 Å². The maximum atomic E-state index is 7.09. The van der Waals surface area contributed by atoms with Gasteiger partial charge in [0.05, 0.1) is 18.8 Å². The van der Waals surface area contributed by atoms with Crippen molar-refractivity contribution in [3.63, 3.8) is 0 Å². The number of anilines is 1. The molecule has 0 bridgehead atoms. The van der Waals surface area contributed by atoms with E-state index in [1.165, 1.54) is 11.1 Å². The van der Waals surface area contributed by atoms with Gasteiger partial charge in [0.15, 0.2) is 12.2 Å². The van der Waals surface area contributed by atoms with Crippen molar-refractivity contribution in [3.8, 4) is 11.8 Å². The van der Waals surface area contributed by atoms with Crippen molar-refractivity contribution >= 4 is 22.5 Å². The Morgan fingerprint density at radius 3 is 2.32 bits per heavy atom. The molecule has 4 aromatic rings. The van der Waals surface area contributed by atoms with Crippen LogP contribution in [0.2, 0.25) is 0 Å². The summed E-state index contributed by atoms with van der Waals surface area (Å²) < 4.78 is 18.3. The van der Waals surface area contributed by atoms with Gasteiger partial charge in [-0.3, -0.25) is 0 Å². The molecule has 2 unspecified atom stereocenters. The Balaban J connectivity index is 1.36. The molecule has 0 saturated carbocycles. The summed E-state index contributed by atoms with van der Waals surface area (Å²) in [5.74, 6) is 0.850. The van der Waals surface area contributed by atoms with Gasteiger partial charge >= 0.3 is 12.1 Å². The fourth-order valence-corrected chi connectivity index (χ4v) is 5.80. The van der Waals surface area contributed by atoms with Gasteiger partial charge in [-0.1, -0.05) is 71.6 Å². The molecule has 0 aromatic heterocycles. The Morgan fingerprint density at radius 1 is 0.816 bits per heavy atom. The van der Waals surface area contributed by atoms with E-state index in [4.69, 9.17) is 14.2 Å². The summed E-state index contributed by atoms with van der Waals surface area (Å²) in [6.07, 6.45) is 4.43. The largest absolute Gasteiger partial charge is 0.473 e. The van der Waals surface area contributed by atoms with Crippen LogP contribution in [0.3, 0.4) is 0 Å². The average Bonchev–Trinajstić information content (AvgIpc) is 3.02. The zero-order valence-electron chi connectivity index (χ0n) is 21.2. The lowest BCUT2D eigenvalue weighted by molar-refractivity contribution is 0.122. The summed E-state index contributed by atoms with van der Waals surface area (Å²) in [6, 6.07) is 32.8. The molecule has 0 spiro atoms. The molecule has 7 rings (SSSR count). The number of hydrogen-bond acceptors (Lipinski definition) is 4. The monoisotopic (exact) mass is 501 g/mol. The second-order valence-electron chi connectivity index (χ2n) is 9.92. The maximum Gasteiger partial charge on any atom is 0.321 e. The molecule has 0 radical (unpaired) electrons. The number of hydrogen-bond donors (Lipinski definition) is 0. The Hall–Kier alpha value is -4.11. The number of nitrogens with zero attached hydrogens (tertiary/aromatic N) is 2. The molecule has 2 atom stereocenters. The standard InChI is InChI=1S/C33H29N2O3/c1-2-6-24(7-3-1)33(25-10-12-26(13-11-25)35-17-20-36-21-18-35)15-14-29-27-8-4-5-9-28(27)30(22-32(29)38-33)31-23-37-19-16-34-31/h1-15,22,31H,17-21,23H2/q+1. The predicted octanol–water partition coefficient (Wildman–Crippen LogP) is 6.43. The molecule has 188 valence electrons. The van der Waals surface area contributed by atoms with E-state index in [2.05, 4.69) is 107 Å². The van der Waals surface area contributed by atoms with Gasteiger partial charge in [0.1, 0.15) is 12.4 Å². The molecule has 5 nitrogen and oxygen atoms in total. The minimum Gasteiger partial charge on any atom is -0.473 e. The van der Waals surface area contributed by atoms with Gasteiger partial charge < -0.3 is 19.1 Å². The van der Waals surface area contributed by atoms with Crippen molar-refractivity contribution in [2.75, 3.05) is 44.4 Å². The Labute approximate surface area is 222 Å². The maximum absolute atomic E-state index is 7.09. The highest BCUT2D eigenvalue weighted by molar-refractivity contribution is 5.96. The first-order chi connectivity index (χ1) is 18.8.